The second kappa shape index (κ2) is 6.17. The summed E-state index contributed by atoms with van der Waals surface area (Å²) in [7, 11) is 0. The normalized spacial score (nSPS) is 9.20. The van der Waals surface area contributed by atoms with Crippen molar-refractivity contribution in [2.45, 2.75) is 20.0 Å². The van der Waals surface area contributed by atoms with Crippen molar-refractivity contribution in [3.8, 4) is 11.8 Å². The first-order chi connectivity index (χ1) is 7.26. The lowest BCUT2D eigenvalue weighted by Crippen LogP contribution is -2.01. The van der Waals surface area contributed by atoms with Crippen LogP contribution in [0.15, 0.2) is 5.38 Å². The third-order valence-electron chi connectivity index (χ3n) is 1.45. The molecule has 0 aromatic carbocycles. The Labute approximate surface area is 91.9 Å². The van der Waals surface area contributed by atoms with E-state index in [1.165, 1.54) is 11.3 Å². The highest BCUT2D eigenvalue weighted by Crippen LogP contribution is 2.07. The summed E-state index contributed by atoms with van der Waals surface area (Å²) in [6.45, 7) is 2.03. The van der Waals surface area contributed by atoms with Gasteiger partial charge in [0.2, 0.25) is 0 Å². The topological polar surface area (TPSA) is 59.4 Å². The molecule has 0 bridgehead atoms. The molecule has 5 heteroatoms. The smallest absolute Gasteiger partial charge is 0.317 e. The number of hydrogen-bond donors (Lipinski definition) is 1. The third kappa shape index (κ3) is 4.11. The summed E-state index contributed by atoms with van der Waals surface area (Å²) in [5.74, 6) is 5.07. The zero-order chi connectivity index (χ0) is 11.1. The van der Waals surface area contributed by atoms with Crippen LogP contribution in [0.2, 0.25) is 0 Å². The van der Waals surface area contributed by atoms with Gasteiger partial charge in [0, 0.05) is 5.38 Å². The molecule has 15 heavy (non-hydrogen) atoms. The molecule has 0 amide bonds. The summed E-state index contributed by atoms with van der Waals surface area (Å²) in [5.41, 5.74) is 0.598. The van der Waals surface area contributed by atoms with Gasteiger partial charge in [-0.2, -0.15) is 0 Å². The van der Waals surface area contributed by atoms with Gasteiger partial charge < -0.3 is 9.84 Å². The van der Waals surface area contributed by atoms with Crippen LogP contribution in [0, 0.1) is 11.8 Å². The van der Waals surface area contributed by atoms with E-state index in [2.05, 4.69) is 16.8 Å². The van der Waals surface area contributed by atoms with Crippen LogP contribution in [0.3, 0.4) is 0 Å². The van der Waals surface area contributed by atoms with Crippen LogP contribution < -0.4 is 0 Å². The number of carbonyl (C=O) groups is 1. The maximum atomic E-state index is 10.9. The van der Waals surface area contributed by atoms with Crippen molar-refractivity contribution in [3.63, 3.8) is 0 Å². The van der Waals surface area contributed by atoms with Gasteiger partial charge in [-0.25, -0.2) is 4.98 Å². The molecule has 0 fully saturated rings. The molecule has 1 aromatic heterocycles. The number of carbonyl (C=O) groups excluding carboxylic acids is 1. The van der Waals surface area contributed by atoms with Crippen LogP contribution in [0.4, 0.5) is 0 Å². The Balaban J connectivity index is 2.47. The van der Waals surface area contributed by atoms with E-state index >= 15 is 0 Å². The van der Waals surface area contributed by atoms with Crippen molar-refractivity contribution < 1.29 is 14.6 Å². The van der Waals surface area contributed by atoms with Gasteiger partial charge >= 0.3 is 5.97 Å². The average Bonchev–Trinajstić information content (AvgIpc) is 2.66. The Kier molecular flexibility index (Phi) is 4.81. The lowest BCUT2D eigenvalue weighted by atomic mass is 10.4. The van der Waals surface area contributed by atoms with E-state index in [1.54, 1.807) is 12.3 Å². The van der Waals surface area contributed by atoms with E-state index in [-0.39, 0.29) is 19.0 Å². The molecule has 0 radical (unpaired) electrons. The van der Waals surface area contributed by atoms with Gasteiger partial charge in [-0.05, 0) is 12.8 Å². The SMILES string of the molecule is CCOC(=O)CC#Cc1nc(CO)cs1. The Bertz CT molecular complexity index is 389. The first kappa shape index (κ1) is 11.7. The molecule has 0 aliphatic carbocycles. The number of nitrogens with zero attached hydrogens (tertiary/aromatic N) is 1. The Morgan fingerprint density at radius 3 is 3.13 bits per heavy atom. The molecule has 4 nitrogen and oxygen atoms in total. The van der Waals surface area contributed by atoms with Gasteiger partial charge in [0.25, 0.3) is 0 Å². The molecule has 0 spiro atoms. The number of esters is 1. The van der Waals surface area contributed by atoms with Crippen molar-refractivity contribution in [1.82, 2.24) is 4.98 Å². The largest absolute Gasteiger partial charge is 0.465 e. The zero-order valence-corrected chi connectivity index (χ0v) is 9.13. The van der Waals surface area contributed by atoms with Gasteiger partial charge in [-0.1, -0.05) is 5.92 Å². The molecular weight excluding hydrogens is 214 g/mol. The summed E-state index contributed by atoms with van der Waals surface area (Å²) in [6.07, 6.45) is 0.0713. The molecule has 0 saturated heterocycles. The van der Waals surface area contributed by atoms with E-state index in [0.29, 0.717) is 17.3 Å². The second-order valence-electron chi connectivity index (χ2n) is 2.59. The minimum atomic E-state index is -0.330. The molecule has 1 N–H and O–H groups in total. The quantitative estimate of drug-likeness (QED) is 0.614. The lowest BCUT2D eigenvalue weighted by molar-refractivity contribution is -0.141. The maximum absolute atomic E-state index is 10.9. The highest BCUT2D eigenvalue weighted by atomic mass is 32.1. The second-order valence-corrected chi connectivity index (χ2v) is 3.44. The van der Waals surface area contributed by atoms with Crippen LogP contribution in [0.25, 0.3) is 0 Å². The van der Waals surface area contributed by atoms with E-state index in [9.17, 15) is 4.79 Å². The maximum Gasteiger partial charge on any atom is 0.317 e. The van der Waals surface area contributed by atoms with Gasteiger partial charge in [-0.3, -0.25) is 4.79 Å². The Hall–Kier alpha value is -1.38. The number of ether oxygens (including phenoxy) is 1. The number of aliphatic hydroxyl groups is 1. The van der Waals surface area contributed by atoms with Crippen LogP contribution in [0.1, 0.15) is 24.0 Å². The van der Waals surface area contributed by atoms with Gasteiger partial charge in [-0.15, -0.1) is 11.3 Å². The standard InChI is InChI=1S/C10H11NO3S/c1-2-14-10(13)5-3-4-9-11-8(6-12)7-15-9/h7,12H,2,5-6H2,1H3. The van der Waals surface area contributed by atoms with Gasteiger partial charge in [0.1, 0.15) is 6.42 Å². The molecule has 0 unspecified atom stereocenters. The number of aromatic nitrogens is 1. The molecule has 1 aromatic rings. The highest BCUT2D eigenvalue weighted by molar-refractivity contribution is 7.10. The summed E-state index contributed by atoms with van der Waals surface area (Å²) in [5, 5.41) is 11.1. The van der Waals surface area contributed by atoms with E-state index in [1.807, 2.05) is 0 Å². The zero-order valence-electron chi connectivity index (χ0n) is 8.32. The number of aliphatic hydroxyl groups excluding tert-OH is 1. The summed E-state index contributed by atoms with van der Waals surface area (Å²) in [6, 6.07) is 0. The fourth-order valence-corrected chi connectivity index (χ4v) is 1.52. The predicted molar refractivity (Wildman–Crippen MR) is 56.2 cm³/mol. The number of hydrogen-bond acceptors (Lipinski definition) is 5. The van der Waals surface area contributed by atoms with Crippen molar-refractivity contribution in [2.24, 2.45) is 0 Å². The fourth-order valence-electron chi connectivity index (χ4n) is 0.841. The van der Waals surface area contributed by atoms with Gasteiger partial charge in [0.15, 0.2) is 5.01 Å². The third-order valence-corrected chi connectivity index (χ3v) is 2.25. The van der Waals surface area contributed by atoms with Crippen molar-refractivity contribution in [2.75, 3.05) is 6.61 Å². The Morgan fingerprint density at radius 2 is 2.53 bits per heavy atom. The van der Waals surface area contributed by atoms with Crippen LogP contribution >= 0.6 is 11.3 Å². The first-order valence-electron chi connectivity index (χ1n) is 4.46. The molecule has 1 rings (SSSR count). The van der Waals surface area contributed by atoms with E-state index < -0.39 is 0 Å². The van der Waals surface area contributed by atoms with E-state index in [4.69, 9.17) is 9.84 Å². The highest BCUT2D eigenvalue weighted by Gasteiger charge is 1.98. The van der Waals surface area contributed by atoms with Crippen LogP contribution in [0.5, 0.6) is 0 Å². The number of rotatable bonds is 3. The summed E-state index contributed by atoms with van der Waals surface area (Å²) < 4.78 is 4.71. The summed E-state index contributed by atoms with van der Waals surface area (Å²) in [4.78, 5) is 14.9. The van der Waals surface area contributed by atoms with E-state index in [0.717, 1.165) is 0 Å². The van der Waals surface area contributed by atoms with Crippen molar-refractivity contribution in [3.05, 3.63) is 16.1 Å². The van der Waals surface area contributed by atoms with Crippen LogP contribution in [-0.4, -0.2) is 22.7 Å². The van der Waals surface area contributed by atoms with Crippen molar-refractivity contribution in [1.29, 1.82) is 0 Å². The fraction of sp³-hybridized carbons (Fsp3) is 0.400. The molecular formula is C10H11NO3S. The molecule has 0 atom stereocenters. The summed E-state index contributed by atoms with van der Waals surface area (Å²) >= 11 is 1.34. The molecule has 80 valence electrons. The van der Waals surface area contributed by atoms with Crippen LogP contribution in [-0.2, 0) is 16.1 Å². The minimum absolute atomic E-state index is 0.0713. The van der Waals surface area contributed by atoms with Crippen molar-refractivity contribution >= 4 is 17.3 Å². The predicted octanol–water partition coefficient (Wildman–Crippen LogP) is 0.940. The molecule has 0 aliphatic rings. The average molecular weight is 225 g/mol. The minimum Gasteiger partial charge on any atom is -0.465 e. The van der Waals surface area contributed by atoms with Gasteiger partial charge in [0.05, 0.1) is 18.9 Å². The molecule has 1 heterocycles. The molecule has 0 aliphatic heterocycles. The number of thiazole rings is 1. The molecule has 0 saturated carbocycles. The first-order valence-corrected chi connectivity index (χ1v) is 5.34. The monoisotopic (exact) mass is 225 g/mol. The lowest BCUT2D eigenvalue weighted by Gasteiger charge is -1.94. The Morgan fingerprint density at radius 1 is 1.73 bits per heavy atom.